The van der Waals surface area contributed by atoms with Gasteiger partial charge in [-0.05, 0) is 83.9 Å². The van der Waals surface area contributed by atoms with Crippen LogP contribution in [0.1, 0.15) is 50.5 Å². The zero-order chi connectivity index (χ0) is 22.2. The van der Waals surface area contributed by atoms with Crippen molar-refractivity contribution in [2.75, 3.05) is 59.9 Å². The van der Waals surface area contributed by atoms with Gasteiger partial charge in [0.05, 0.1) is 0 Å². The highest BCUT2D eigenvalue weighted by molar-refractivity contribution is 14.0. The van der Waals surface area contributed by atoms with Crippen LogP contribution in [0, 0.1) is 0 Å². The molecular formula is C26H45IN6. The van der Waals surface area contributed by atoms with Crippen molar-refractivity contribution in [2.24, 2.45) is 4.99 Å². The van der Waals surface area contributed by atoms with Gasteiger partial charge < -0.3 is 15.5 Å². The van der Waals surface area contributed by atoms with E-state index in [1.54, 1.807) is 0 Å². The zero-order valence-electron chi connectivity index (χ0n) is 20.8. The third kappa shape index (κ3) is 7.29. The Labute approximate surface area is 218 Å². The molecule has 0 bridgehead atoms. The van der Waals surface area contributed by atoms with E-state index >= 15 is 0 Å². The molecule has 0 radical (unpaired) electrons. The number of aliphatic imine (C=N–C) groups is 1. The molecule has 1 unspecified atom stereocenters. The van der Waals surface area contributed by atoms with Gasteiger partial charge in [-0.25, -0.2) is 0 Å². The van der Waals surface area contributed by atoms with E-state index in [1.807, 2.05) is 7.05 Å². The van der Waals surface area contributed by atoms with Crippen molar-refractivity contribution in [2.45, 2.75) is 63.1 Å². The van der Waals surface area contributed by atoms with Crippen LogP contribution in [0.2, 0.25) is 0 Å². The summed E-state index contributed by atoms with van der Waals surface area (Å²) in [6.45, 7) is 9.11. The Kier molecular flexibility index (Phi) is 10.7. The molecular weight excluding hydrogens is 523 g/mol. The standard InChI is InChI=1S/C26H44N6.HI/c1-27-25(28-20-24-12-9-15-31(24)21-23-10-5-3-6-11-23)29-22-26(13-18-30(2)19-14-26)32-16-7-4-8-17-32;/h3,5-6,10-11,24H,4,7-9,12-22H2,1-2H3,(H2,27,28,29);1H. The topological polar surface area (TPSA) is 46.1 Å². The summed E-state index contributed by atoms with van der Waals surface area (Å²) in [4.78, 5) is 12.5. The Morgan fingerprint density at radius 1 is 0.970 bits per heavy atom. The second kappa shape index (κ2) is 13.3. The number of guanidine groups is 1. The molecule has 3 aliphatic rings. The van der Waals surface area contributed by atoms with E-state index in [0.717, 1.165) is 25.6 Å². The predicted octanol–water partition coefficient (Wildman–Crippen LogP) is 3.38. The average molecular weight is 569 g/mol. The smallest absolute Gasteiger partial charge is 0.191 e. The highest BCUT2D eigenvalue weighted by atomic mass is 127. The predicted molar refractivity (Wildman–Crippen MR) is 150 cm³/mol. The number of nitrogens with zero attached hydrogens (tertiary/aromatic N) is 4. The average Bonchev–Trinajstić information content (AvgIpc) is 3.28. The maximum Gasteiger partial charge on any atom is 0.191 e. The maximum atomic E-state index is 4.58. The van der Waals surface area contributed by atoms with E-state index in [1.165, 1.54) is 83.2 Å². The van der Waals surface area contributed by atoms with Crippen molar-refractivity contribution in [1.29, 1.82) is 0 Å². The number of nitrogens with one attached hydrogen (secondary N) is 2. The molecule has 3 heterocycles. The van der Waals surface area contributed by atoms with Gasteiger partial charge in [0, 0.05) is 38.3 Å². The first-order chi connectivity index (χ1) is 15.7. The normalized spacial score (nSPS) is 24.9. The molecule has 1 aromatic rings. The minimum atomic E-state index is 0. The first-order valence-electron chi connectivity index (χ1n) is 12.8. The number of piperidine rings is 2. The quantitative estimate of drug-likeness (QED) is 0.300. The van der Waals surface area contributed by atoms with Crippen LogP contribution in [0.4, 0.5) is 0 Å². The van der Waals surface area contributed by atoms with Crippen molar-refractivity contribution in [3.8, 4) is 0 Å². The van der Waals surface area contributed by atoms with Gasteiger partial charge in [-0.2, -0.15) is 0 Å². The maximum absolute atomic E-state index is 4.58. The summed E-state index contributed by atoms with van der Waals surface area (Å²) in [7, 11) is 4.17. The Morgan fingerprint density at radius 3 is 2.39 bits per heavy atom. The second-order valence-electron chi connectivity index (χ2n) is 10.1. The van der Waals surface area contributed by atoms with Crippen LogP contribution in [-0.4, -0.2) is 92.1 Å². The summed E-state index contributed by atoms with van der Waals surface area (Å²) >= 11 is 0. The van der Waals surface area contributed by atoms with Gasteiger partial charge in [-0.15, -0.1) is 24.0 Å². The summed E-state index contributed by atoms with van der Waals surface area (Å²) in [5, 5.41) is 7.40. The molecule has 7 heteroatoms. The lowest BCUT2D eigenvalue weighted by Gasteiger charge is -2.50. The lowest BCUT2D eigenvalue weighted by atomic mass is 9.84. The third-order valence-corrected chi connectivity index (χ3v) is 7.99. The SMILES string of the molecule is CN=C(NCC1CCCN1Cc1ccccc1)NCC1(N2CCCCC2)CCN(C)CC1.I. The Balaban J connectivity index is 0.00000306. The van der Waals surface area contributed by atoms with Crippen molar-refractivity contribution >= 4 is 29.9 Å². The van der Waals surface area contributed by atoms with Gasteiger partial charge in [0.1, 0.15) is 0 Å². The van der Waals surface area contributed by atoms with E-state index in [9.17, 15) is 0 Å². The van der Waals surface area contributed by atoms with Crippen molar-refractivity contribution < 1.29 is 0 Å². The van der Waals surface area contributed by atoms with Gasteiger partial charge >= 0.3 is 0 Å². The molecule has 0 aliphatic carbocycles. The van der Waals surface area contributed by atoms with Crippen LogP contribution in [-0.2, 0) is 6.54 Å². The Bertz CT molecular complexity index is 713. The van der Waals surface area contributed by atoms with E-state index in [4.69, 9.17) is 0 Å². The molecule has 3 aliphatic heterocycles. The molecule has 186 valence electrons. The molecule has 6 nitrogen and oxygen atoms in total. The number of hydrogen-bond donors (Lipinski definition) is 2. The van der Waals surface area contributed by atoms with Crippen LogP contribution in [0.5, 0.6) is 0 Å². The van der Waals surface area contributed by atoms with Crippen molar-refractivity contribution in [3.05, 3.63) is 35.9 Å². The molecule has 0 amide bonds. The first kappa shape index (κ1) is 26.7. The number of likely N-dealkylation sites (tertiary alicyclic amines) is 3. The van der Waals surface area contributed by atoms with E-state index < -0.39 is 0 Å². The molecule has 0 spiro atoms. The molecule has 1 atom stereocenters. The van der Waals surface area contributed by atoms with Crippen LogP contribution < -0.4 is 10.6 Å². The lowest BCUT2D eigenvalue weighted by molar-refractivity contribution is 0.0173. The highest BCUT2D eigenvalue weighted by Crippen LogP contribution is 2.31. The van der Waals surface area contributed by atoms with Crippen molar-refractivity contribution in [1.82, 2.24) is 25.3 Å². The number of hydrogen-bond acceptors (Lipinski definition) is 4. The van der Waals surface area contributed by atoms with Crippen LogP contribution in [0.15, 0.2) is 35.3 Å². The summed E-state index contributed by atoms with van der Waals surface area (Å²) in [5.74, 6) is 0.965. The van der Waals surface area contributed by atoms with Gasteiger partial charge in [0.15, 0.2) is 5.96 Å². The first-order valence-corrected chi connectivity index (χ1v) is 12.8. The molecule has 2 N–H and O–H groups in total. The fourth-order valence-corrected chi connectivity index (χ4v) is 5.84. The Hall–Kier alpha value is -0.900. The highest BCUT2D eigenvalue weighted by Gasteiger charge is 2.39. The summed E-state index contributed by atoms with van der Waals surface area (Å²) in [6, 6.07) is 11.4. The molecule has 3 fully saturated rings. The second-order valence-corrected chi connectivity index (χ2v) is 10.1. The minimum Gasteiger partial charge on any atom is -0.355 e. The van der Waals surface area contributed by atoms with Crippen LogP contribution >= 0.6 is 24.0 Å². The molecule has 33 heavy (non-hydrogen) atoms. The molecule has 0 saturated carbocycles. The summed E-state index contributed by atoms with van der Waals surface area (Å²) in [5.41, 5.74) is 1.68. The van der Waals surface area contributed by atoms with E-state index in [-0.39, 0.29) is 29.5 Å². The van der Waals surface area contributed by atoms with Gasteiger partial charge in [-0.3, -0.25) is 14.8 Å². The number of halogens is 1. The number of benzene rings is 1. The zero-order valence-corrected chi connectivity index (χ0v) is 23.1. The fraction of sp³-hybridized carbons (Fsp3) is 0.731. The molecule has 3 saturated heterocycles. The third-order valence-electron chi connectivity index (χ3n) is 7.99. The minimum absolute atomic E-state index is 0. The largest absolute Gasteiger partial charge is 0.355 e. The van der Waals surface area contributed by atoms with E-state index in [0.29, 0.717) is 6.04 Å². The molecule has 4 rings (SSSR count). The van der Waals surface area contributed by atoms with E-state index in [2.05, 4.69) is 67.7 Å². The molecule has 1 aromatic carbocycles. The van der Waals surface area contributed by atoms with Crippen molar-refractivity contribution in [3.63, 3.8) is 0 Å². The summed E-state index contributed by atoms with van der Waals surface area (Å²) < 4.78 is 0. The van der Waals surface area contributed by atoms with Gasteiger partial charge in [0.2, 0.25) is 0 Å². The lowest BCUT2D eigenvalue weighted by Crippen LogP contribution is -2.62. The monoisotopic (exact) mass is 568 g/mol. The molecule has 0 aromatic heterocycles. The van der Waals surface area contributed by atoms with Crippen LogP contribution in [0.25, 0.3) is 0 Å². The van der Waals surface area contributed by atoms with Gasteiger partial charge in [0.25, 0.3) is 0 Å². The Morgan fingerprint density at radius 2 is 1.70 bits per heavy atom. The van der Waals surface area contributed by atoms with Crippen LogP contribution in [0.3, 0.4) is 0 Å². The summed E-state index contributed by atoms with van der Waals surface area (Å²) in [6.07, 6.45) is 9.15. The number of rotatable bonds is 7. The van der Waals surface area contributed by atoms with Gasteiger partial charge in [-0.1, -0.05) is 36.8 Å². The fourth-order valence-electron chi connectivity index (χ4n) is 5.84.